The third-order valence-corrected chi connectivity index (χ3v) is 3.11. The molecule has 1 N–H and O–H groups in total. The van der Waals surface area contributed by atoms with E-state index in [4.69, 9.17) is 0 Å². The van der Waals surface area contributed by atoms with Gasteiger partial charge in [0.1, 0.15) is 0 Å². The van der Waals surface area contributed by atoms with Gasteiger partial charge in [-0.2, -0.15) is 13.2 Å². The summed E-state index contributed by atoms with van der Waals surface area (Å²) in [6, 6.07) is 8.69. The standard InChI is InChI=1S/C15H15F3N2/c1-10(20-14-8-5-9-19-11(14)2)12-6-3-4-7-13(12)15(16,17)18/h3-10,20H,1-2H3. The number of alkyl halides is 3. The lowest BCUT2D eigenvalue weighted by Crippen LogP contribution is -2.15. The Morgan fingerprint density at radius 3 is 2.45 bits per heavy atom. The average molecular weight is 280 g/mol. The second-order valence-corrected chi connectivity index (χ2v) is 4.59. The second kappa shape index (κ2) is 5.53. The van der Waals surface area contributed by atoms with Crippen LogP contribution in [0, 0.1) is 6.92 Å². The van der Waals surface area contributed by atoms with Gasteiger partial charge in [-0.1, -0.05) is 18.2 Å². The summed E-state index contributed by atoms with van der Waals surface area (Å²) in [5.74, 6) is 0. The number of nitrogens with one attached hydrogen (secondary N) is 1. The molecule has 106 valence electrons. The van der Waals surface area contributed by atoms with Crippen LogP contribution < -0.4 is 5.32 Å². The van der Waals surface area contributed by atoms with Gasteiger partial charge in [0.2, 0.25) is 0 Å². The Hall–Kier alpha value is -2.04. The Kier molecular flexibility index (Phi) is 3.97. The zero-order valence-corrected chi connectivity index (χ0v) is 11.2. The van der Waals surface area contributed by atoms with Crippen molar-refractivity contribution in [3.05, 3.63) is 59.4 Å². The van der Waals surface area contributed by atoms with E-state index in [2.05, 4.69) is 10.3 Å². The first-order valence-electron chi connectivity index (χ1n) is 6.24. The Bertz CT molecular complexity index is 594. The number of pyridine rings is 1. The highest BCUT2D eigenvalue weighted by Gasteiger charge is 2.34. The van der Waals surface area contributed by atoms with Crippen LogP contribution in [-0.2, 0) is 6.18 Å². The molecule has 0 radical (unpaired) electrons. The maximum Gasteiger partial charge on any atom is 0.416 e. The molecule has 0 bridgehead atoms. The van der Waals surface area contributed by atoms with Gasteiger partial charge in [0, 0.05) is 12.2 Å². The molecule has 0 fully saturated rings. The van der Waals surface area contributed by atoms with E-state index in [-0.39, 0.29) is 5.56 Å². The number of nitrogens with zero attached hydrogens (tertiary/aromatic N) is 1. The number of aromatic nitrogens is 1. The number of halogens is 3. The van der Waals surface area contributed by atoms with Crippen LogP contribution in [0.25, 0.3) is 0 Å². The van der Waals surface area contributed by atoms with Crippen LogP contribution in [0.3, 0.4) is 0 Å². The molecule has 5 heteroatoms. The maximum atomic E-state index is 13.0. The van der Waals surface area contributed by atoms with Crippen LogP contribution in [0.15, 0.2) is 42.6 Å². The number of anilines is 1. The lowest BCUT2D eigenvalue weighted by Gasteiger charge is -2.21. The van der Waals surface area contributed by atoms with E-state index in [0.717, 1.165) is 17.4 Å². The topological polar surface area (TPSA) is 24.9 Å². The number of aryl methyl sites for hydroxylation is 1. The van der Waals surface area contributed by atoms with Crippen molar-refractivity contribution in [2.75, 3.05) is 5.32 Å². The van der Waals surface area contributed by atoms with Crippen molar-refractivity contribution in [1.82, 2.24) is 4.98 Å². The predicted octanol–water partition coefficient (Wildman–Crippen LogP) is 4.58. The third-order valence-electron chi connectivity index (χ3n) is 3.11. The molecular weight excluding hydrogens is 265 g/mol. The van der Waals surface area contributed by atoms with E-state index in [1.54, 1.807) is 31.3 Å². The number of rotatable bonds is 3. The fraction of sp³-hybridized carbons (Fsp3) is 0.267. The minimum atomic E-state index is -4.35. The molecule has 1 heterocycles. The first kappa shape index (κ1) is 14.4. The van der Waals surface area contributed by atoms with Crippen LogP contribution in [0.2, 0.25) is 0 Å². The van der Waals surface area contributed by atoms with Crippen LogP contribution in [0.4, 0.5) is 18.9 Å². The third kappa shape index (κ3) is 3.10. The van der Waals surface area contributed by atoms with Crippen molar-refractivity contribution >= 4 is 5.69 Å². The fourth-order valence-corrected chi connectivity index (χ4v) is 2.08. The van der Waals surface area contributed by atoms with Gasteiger partial charge in [-0.15, -0.1) is 0 Å². The number of hydrogen-bond donors (Lipinski definition) is 1. The summed E-state index contributed by atoms with van der Waals surface area (Å²) in [6.45, 7) is 3.52. The van der Waals surface area contributed by atoms with Crippen LogP contribution in [-0.4, -0.2) is 4.98 Å². The largest absolute Gasteiger partial charge is 0.416 e. The van der Waals surface area contributed by atoms with Gasteiger partial charge in [-0.05, 0) is 37.6 Å². The van der Waals surface area contributed by atoms with E-state index in [1.165, 1.54) is 12.1 Å². The van der Waals surface area contributed by atoms with Gasteiger partial charge >= 0.3 is 6.18 Å². The Morgan fingerprint density at radius 2 is 1.80 bits per heavy atom. The van der Waals surface area contributed by atoms with Gasteiger partial charge in [0.15, 0.2) is 0 Å². The first-order valence-corrected chi connectivity index (χ1v) is 6.24. The highest BCUT2D eigenvalue weighted by Crippen LogP contribution is 2.35. The molecule has 0 spiro atoms. The Labute approximate surface area is 115 Å². The zero-order valence-electron chi connectivity index (χ0n) is 11.2. The van der Waals surface area contributed by atoms with Gasteiger partial charge in [0.05, 0.1) is 16.9 Å². The number of hydrogen-bond acceptors (Lipinski definition) is 2. The number of benzene rings is 1. The van der Waals surface area contributed by atoms with E-state index >= 15 is 0 Å². The van der Waals surface area contributed by atoms with Crippen molar-refractivity contribution in [2.24, 2.45) is 0 Å². The monoisotopic (exact) mass is 280 g/mol. The smallest absolute Gasteiger partial charge is 0.377 e. The molecule has 0 amide bonds. The normalized spacial score (nSPS) is 13.1. The second-order valence-electron chi connectivity index (χ2n) is 4.59. The van der Waals surface area contributed by atoms with E-state index in [0.29, 0.717) is 0 Å². The lowest BCUT2D eigenvalue weighted by molar-refractivity contribution is -0.138. The molecule has 2 nitrogen and oxygen atoms in total. The molecule has 1 aromatic heterocycles. The summed E-state index contributed by atoms with van der Waals surface area (Å²) in [7, 11) is 0. The van der Waals surface area contributed by atoms with Crippen molar-refractivity contribution < 1.29 is 13.2 Å². The molecule has 0 saturated heterocycles. The summed E-state index contributed by atoms with van der Waals surface area (Å²) >= 11 is 0. The van der Waals surface area contributed by atoms with E-state index < -0.39 is 17.8 Å². The summed E-state index contributed by atoms with van der Waals surface area (Å²) in [4.78, 5) is 4.11. The van der Waals surface area contributed by atoms with Gasteiger partial charge in [0.25, 0.3) is 0 Å². The Balaban J connectivity index is 2.31. The summed E-state index contributed by atoms with van der Waals surface area (Å²) in [5, 5.41) is 3.08. The molecule has 20 heavy (non-hydrogen) atoms. The molecule has 1 unspecified atom stereocenters. The quantitative estimate of drug-likeness (QED) is 0.890. The van der Waals surface area contributed by atoms with Crippen molar-refractivity contribution in [3.8, 4) is 0 Å². The minimum absolute atomic E-state index is 0.225. The minimum Gasteiger partial charge on any atom is -0.377 e. The average Bonchev–Trinajstić information content (AvgIpc) is 2.40. The van der Waals surface area contributed by atoms with Crippen LogP contribution in [0.5, 0.6) is 0 Å². The summed E-state index contributed by atoms with van der Waals surface area (Å²) in [5.41, 5.74) is 1.10. The molecular formula is C15H15F3N2. The lowest BCUT2D eigenvalue weighted by atomic mass is 10.0. The van der Waals surface area contributed by atoms with Crippen LogP contribution >= 0.6 is 0 Å². The van der Waals surface area contributed by atoms with Crippen molar-refractivity contribution in [3.63, 3.8) is 0 Å². The zero-order chi connectivity index (χ0) is 14.8. The molecule has 0 aliphatic heterocycles. The highest BCUT2D eigenvalue weighted by atomic mass is 19.4. The van der Waals surface area contributed by atoms with E-state index in [9.17, 15) is 13.2 Å². The van der Waals surface area contributed by atoms with Crippen LogP contribution in [0.1, 0.15) is 29.8 Å². The Morgan fingerprint density at radius 1 is 1.10 bits per heavy atom. The molecule has 0 aliphatic carbocycles. The molecule has 0 saturated carbocycles. The van der Waals surface area contributed by atoms with Gasteiger partial charge in [-0.25, -0.2) is 0 Å². The molecule has 2 aromatic rings. The fourth-order valence-electron chi connectivity index (χ4n) is 2.08. The summed E-state index contributed by atoms with van der Waals surface area (Å²) in [6.07, 6.45) is -2.70. The summed E-state index contributed by atoms with van der Waals surface area (Å²) < 4.78 is 39.0. The van der Waals surface area contributed by atoms with Gasteiger partial charge < -0.3 is 5.32 Å². The molecule has 2 rings (SSSR count). The van der Waals surface area contributed by atoms with E-state index in [1.807, 2.05) is 6.92 Å². The maximum absolute atomic E-state index is 13.0. The molecule has 0 aliphatic rings. The SMILES string of the molecule is Cc1ncccc1NC(C)c1ccccc1C(F)(F)F. The van der Waals surface area contributed by atoms with Crippen molar-refractivity contribution in [1.29, 1.82) is 0 Å². The predicted molar refractivity (Wildman–Crippen MR) is 72.5 cm³/mol. The first-order chi connectivity index (χ1) is 9.39. The van der Waals surface area contributed by atoms with Crippen molar-refractivity contribution in [2.45, 2.75) is 26.1 Å². The molecule has 1 aromatic carbocycles. The molecule has 1 atom stereocenters. The van der Waals surface area contributed by atoms with Gasteiger partial charge in [-0.3, -0.25) is 4.98 Å². The highest BCUT2D eigenvalue weighted by molar-refractivity contribution is 5.49.